The number of piperazine rings is 1. The second-order valence-electron chi connectivity index (χ2n) is 9.89. The number of nitrogens with zero attached hydrogens (tertiary/aromatic N) is 3. The SMILES string of the molecule is CCC(C#N)CN1CCN(c2ccccc2C2(C)CCCC(C)C2(C)C)CC1. The van der Waals surface area contributed by atoms with Crippen LogP contribution < -0.4 is 4.90 Å². The number of para-hydroxylation sites is 1. The van der Waals surface area contributed by atoms with E-state index in [9.17, 15) is 5.26 Å². The molecule has 1 aliphatic carbocycles. The van der Waals surface area contributed by atoms with Crippen LogP contribution in [0.4, 0.5) is 5.69 Å². The molecule has 1 saturated heterocycles. The molecule has 0 N–H and O–H groups in total. The molecule has 1 heterocycles. The fourth-order valence-corrected chi connectivity index (χ4v) is 5.43. The molecule has 2 fully saturated rings. The standard InChI is InChI=1S/C25H39N3/c1-6-21(18-26)19-27-14-16-28(17-15-27)23-12-8-7-11-22(23)25(5)13-9-10-20(2)24(25,3)4/h7-8,11-12,20-21H,6,9-10,13-17,19H2,1-5H3. The van der Waals surface area contributed by atoms with Crippen LogP contribution in [0, 0.1) is 28.6 Å². The summed E-state index contributed by atoms with van der Waals surface area (Å²) in [5, 5.41) is 9.28. The van der Waals surface area contributed by atoms with Gasteiger partial charge in [0.2, 0.25) is 0 Å². The summed E-state index contributed by atoms with van der Waals surface area (Å²) in [6.45, 7) is 17.2. The molecular formula is C25H39N3. The van der Waals surface area contributed by atoms with Gasteiger partial charge < -0.3 is 4.90 Å². The summed E-state index contributed by atoms with van der Waals surface area (Å²) in [5.74, 6) is 0.912. The van der Waals surface area contributed by atoms with E-state index < -0.39 is 0 Å². The average Bonchev–Trinajstić information content (AvgIpc) is 2.71. The zero-order valence-electron chi connectivity index (χ0n) is 18.7. The van der Waals surface area contributed by atoms with Crippen molar-refractivity contribution in [2.75, 3.05) is 37.6 Å². The minimum absolute atomic E-state index is 0.169. The third kappa shape index (κ3) is 3.81. The fraction of sp³-hybridized carbons (Fsp3) is 0.720. The first kappa shape index (κ1) is 21.2. The zero-order chi connectivity index (χ0) is 20.4. The zero-order valence-corrected chi connectivity index (χ0v) is 18.7. The molecule has 1 aromatic carbocycles. The Morgan fingerprint density at radius 3 is 2.46 bits per heavy atom. The Bertz CT molecular complexity index is 696. The summed E-state index contributed by atoms with van der Waals surface area (Å²) in [5.41, 5.74) is 3.50. The van der Waals surface area contributed by atoms with Gasteiger partial charge in [-0.05, 0) is 41.2 Å². The van der Waals surface area contributed by atoms with Crippen LogP contribution in [0.1, 0.15) is 65.9 Å². The highest BCUT2D eigenvalue weighted by Crippen LogP contribution is 2.56. The molecule has 0 spiro atoms. The van der Waals surface area contributed by atoms with E-state index in [-0.39, 0.29) is 11.3 Å². The number of rotatable bonds is 5. The summed E-state index contributed by atoms with van der Waals surface area (Å²) < 4.78 is 0. The molecule has 3 atom stereocenters. The summed E-state index contributed by atoms with van der Waals surface area (Å²) >= 11 is 0. The van der Waals surface area contributed by atoms with E-state index in [1.807, 2.05) is 0 Å². The van der Waals surface area contributed by atoms with Crippen LogP contribution in [0.2, 0.25) is 0 Å². The molecule has 154 valence electrons. The summed E-state index contributed by atoms with van der Waals surface area (Å²) in [6.07, 6.45) is 4.91. The van der Waals surface area contributed by atoms with E-state index in [0.29, 0.717) is 5.41 Å². The van der Waals surface area contributed by atoms with Gasteiger partial charge in [-0.15, -0.1) is 0 Å². The van der Waals surface area contributed by atoms with Gasteiger partial charge in [0, 0.05) is 38.4 Å². The highest BCUT2D eigenvalue weighted by atomic mass is 15.3. The van der Waals surface area contributed by atoms with Crippen LogP contribution in [0.3, 0.4) is 0 Å². The molecule has 28 heavy (non-hydrogen) atoms. The molecule has 2 aliphatic rings. The van der Waals surface area contributed by atoms with Crippen molar-refractivity contribution in [3.8, 4) is 6.07 Å². The van der Waals surface area contributed by atoms with Crippen LogP contribution in [-0.2, 0) is 5.41 Å². The van der Waals surface area contributed by atoms with Crippen LogP contribution in [-0.4, -0.2) is 37.6 Å². The maximum Gasteiger partial charge on any atom is 0.0669 e. The molecule has 3 nitrogen and oxygen atoms in total. The van der Waals surface area contributed by atoms with Crippen molar-refractivity contribution in [3.63, 3.8) is 0 Å². The number of anilines is 1. The molecule has 0 bridgehead atoms. The first-order chi connectivity index (χ1) is 13.3. The largest absolute Gasteiger partial charge is 0.369 e. The van der Waals surface area contributed by atoms with Gasteiger partial charge in [0.15, 0.2) is 0 Å². The predicted octanol–water partition coefficient (Wildman–Crippen LogP) is 5.46. The third-order valence-corrected chi connectivity index (χ3v) is 8.33. The Morgan fingerprint density at radius 1 is 1.14 bits per heavy atom. The van der Waals surface area contributed by atoms with E-state index in [1.165, 1.54) is 24.9 Å². The van der Waals surface area contributed by atoms with Gasteiger partial charge in [-0.25, -0.2) is 0 Å². The molecule has 0 amide bonds. The van der Waals surface area contributed by atoms with E-state index in [0.717, 1.165) is 45.1 Å². The highest BCUT2D eigenvalue weighted by Gasteiger charge is 2.49. The topological polar surface area (TPSA) is 30.3 Å². The lowest BCUT2D eigenvalue weighted by Crippen LogP contribution is -2.50. The second kappa shape index (κ2) is 8.46. The van der Waals surface area contributed by atoms with Crippen molar-refractivity contribution in [1.29, 1.82) is 5.26 Å². The van der Waals surface area contributed by atoms with Gasteiger partial charge in [-0.1, -0.05) is 65.7 Å². The number of hydrogen-bond donors (Lipinski definition) is 0. The van der Waals surface area contributed by atoms with Gasteiger partial charge in [-0.2, -0.15) is 5.26 Å². The van der Waals surface area contributed by atoms with Gasteiger partial charge in [0.05, 0.1) is 12.0 Å². The maximum absolute atomic E-state index is 9.28. The predicted molar refractivity (Wildman–Crippen MR) is 119 cm³/mol. The molecule has 1 saturated carbocycles. The Balaban J connectivity index is 1.80. The second-order valence-corrected chi connectivity index (χ2v) is 9.89. The molecule has 3 rings (SSSR count). The van der Waals surface area contributed by atoms with E-state index in [1.54, 1.807) is 5.56 Å². The molecule has 0 aromatic heterocycles. The molecule has 1 aliphatic heterocycles. The lowest BCUT2D eigenvalue weighted by Gasteiger charge is -2.53. The summed E-state index contributed by atoms with van der Waals surface area (Å²) in [6, 6.07) is 11.6. The van der Waals surface area contributed by atoms with Crippen molar-refractivity contribution in [3.05, 3.63) is 29.8 Å². The van der Waals surface area contributed by atoms with Gasteiger partial charge in [0.25, 0.3) is 0 Å². The fourth-order valence-electron chi connectivity index (χ4n) is 5.43. The minimum atomic E-state index is 0.169. The number of benzene rings is 1. The van der Waals surface area contributed by atoms with Gasteiger partial charge >= 0.3 is 0 Å². The van der Waals surface area contributed by atoms with Crippen LogP contribution in [0.15, 0.2) is 24.3 Å². The van der Waals surface area contributed by atoms with Crippen molar-refractivity contribution in [1.82, 2.24) is 4.90 Å². The first-order valence-electron chi connectivity index (χ1n) is 11.3. The first-order valence-corrected chi connectivity index (χ1v) is 11.3. The van der Waals surface area contributed by atoms with Crippen LogP contribution in [0.25, 0.3) is 0 Å². The summed E-state index contributed by atoms with van der Waals surface area (Å²) in [7, 11) is 0. The van der Waals surface area contributed by atoms with Gasteiger partial charge in [0.1, 0.15) is 0 Å². The minimum Gasteiger partial charge on any atom is -0.369 e. The molecule has 3 heteroatoms. The van der Waals surface area contributed by atoms with E-state index in [2.05, 4.69) is 74.8 Å². The number of nitriles is 1. The Labute approximate surface area is 172 Å². The van der Waals surface area contributed by atoms with Crippen LogP contribution in [0.5, 0.6) is 0 Å². The van der Waals surface area contributed by atoms with E-state index in [4.69, 9.17) is 0 Å². The molecule has 0 radical (unpaired) electrons. The quantitative estimate of drug-likeness (QED) is 0.678. The van der Waals surface area contributed by atoms with Crippen molar-refractivity contribution < 1.29 is 0 Å². The van der Waals surface area contributed by atoms with Crippen molar-refractivity contribution in [2.45, 2.75) is 65.7 Å². The Kier molecular flexibility index (Phi) is 6.40. The highest BCUT2D eigenvalue weighted by molar-refractivity contribution is 5.58. The molecular weight excluding hydrogens is 342 g/mol. The molecule has 3 unspecified atom stereocenters. The average molecular weight is 382 g/mol. The summed E-state index contributed by atoms with van der Waals surface area (Å²) in [4.78, 5) is 5.07. The Morgan fingerprint density at radius 2 is 1.82 bits per heavy atom. The van der Waals surface area contributed by atoms with E-state index >= 15 is 0 Å². The normalized spacial score (nSPS) is 29.3. The number of hydrogen-bond acceptors (Lipinski definition) is 3. The third-order valence-electron chi connectivity index (χ3n) is 8.33. The lowest BCUT2D eigenvalue weighted by molar-refractivity contribution is 0.0478. The smallest absolute Gasteiger partial charge is 0.0669 e. The van der Waals surface area contributed by atoms with Gasteiger partial charge in [-0.3, -0.25) is 4.90 Å². The van der Waals surface area contributed by atoms with Crippen molar-refractivity contribution in [2.24, 2.45) is 17.3 Å². The van der Waals surface area contributed by atoms with Crippen LogP contribution >= 0.6 is 0 Å². The molecule has 1 aromatic rings. The lowest BCUT2D eigenvalue weighted by atomic mass is 9.52. The van der Waals surface area contributed by atoms with Crippen molar-refractivity contribution >= 4 is 5.69 Å². The monoisotopic (exact) mass is 381 g/mol. The maximum atomic E-state index is 9.28. The Hall–Kier alpha value is -1.53.